The fourth-order valence-electron chi connectivity index (χ4n) is 5.07. The molecule has 2 unspecified atom stereocenters. The van der Waals surface area contributed by atoms with E-state index in [1.807, 2.05) is 6.08 Å². The summed E-state index contributed by atoms with van der Waals surface area (Å²) in [6.07, 6.45) is 47.6. The van der Waals surface area contributed by atoms with Crippen LogP contribution in [0.2, 0.25) is 0 Å². The van der Waals surface area contributed by atoms with E-state index in [9.17, 15) is 19.5 Å². The van der Waals surface area contributed by atoms with Gasteiger partial charge in [0.15, 0.2) is 6.10 Å². The number of esters is 2. The lowest BCUT2D eigenvalue weighted by Gasteiger charge is -2.34. The number of carbonyl (C=O) groups excluding carboxylic acids is 3. The van der Waals surface area contributed by atoms with Gasteiger partial charge < -0.3 is 28.6 Å². The highest BCUT2D eigenvalue weighted by Crippen LogP contribution is 2.10. The van der Waals surface area contributed by atoms with Gasteiger partial charge in [-0.2, -0.15) is 0 Å². The van der Waals surface area contributed by atoms with Gasteiger partial charge in [-0.25, -0.2) is 0 Å². The van der Waals surface area contributed by atoms with Crippen LogP contribution in [-0.2, 0) is 28.6 Å². The van der Waals surface area contributed by atoms with E-state index in [1.54, 1.807) is 21.1 Å². The van der Waals surface area contributed by atoms with Gasteiger partial charge in [-0.05, 0) is 77.0 Å². The summed E-state index contributed by atoms with van der Waals surface area (Å²) in [6, 6.07) is -0.743. The molecule has 304 valence electrons. The van der Waals surface area contributed by atoms with Crippen molar-refractivity contribution in [3.8, 4) is 0 Å². The molecule has 0 aromatic rings. The van der Waals surface area contributed by atoms with Gasteiger partial charge in [-0.15, -0.1) is 0 Å². The van der Waals surface area contributed by atoms with Crippen LogP contribution in [-0.4, -0.2) is 75.5 Å². The number of unbranched alkanes of at least 4 members (excludes halogenated alkanes) is 4. The van der Waals surface area contributed by atoms with Crippen LogP contribution in [0.5, 0.6) is 0 Å². The molecule has 0 amide bonds. The van der Waals surface area contributed by atoms with Gasteiger partial charge in [0, 0.05) is 19.3 Å². The highest BCUT2D eigenvalue weighted by molar-refractivity contribution is 5.70. The first-order valence-corrected chi connectivity index (χ1v) is 20.3. The summed E-state index contributed by atoms with van der Waals surface area (Å²) in [4.78, 5) is 36.5. The molecular formula is C46H73NO7. The standard InChI is InChI=1S/C46H73NO7/c1-6-8-10-12-14-15-16-17-18-19-20-21-22-23-24-25-26-27-28-29-31-32-34-36-44(48)53-41-42(40-52-39-38-43(46(50)51)47(3,4)5)54-45(49)37-35-33-30-13-11-9-7-2/h8,10,14-15,17-18,20-21,23-24,26-27,29-31,33,42-43H,6-7,9,11-13,16,19,22,25,28,32,34-41H2,1-5H3/b10-8+,15-14+,18-17+,21-20+,24-23+,27-26+,31-29+,33-30+. The average Bonchev–Trinajstić information content (AvgIpc) is 3.12. The molecule has 0 aliphatic rings. The van der Waals surface area contributed by atoms with E-state index in [4.69, 9.17) is 14.2 Å². The zero-order valence-corrected chi connectivity index (χ0v) is 34.3. The van der Waals surface area contributed by atoms with E-state index >= 15 is 0 Å². The van der Waals surface area contributed by atoms with E-state index in [0.29, 0.717) is 12.8 Å². The molecule has 0 aromatic heterocycles. The molecule has 0 bridgehead atoms. The monoisotopic (exact) mass is 752 g/mol. The highest BCUT2D eigenvalue weighted by Gasteiger charge is 2.25. The van der Waals surface area contributed by atoms with Gasteiger partial charge in [0.1, 0.15) is 12.6 Å². The average molecular weight is 752 g/mol. The van der Waals surface area contributed by atoms with Gasteiger partial charge in [-0.3, -0.25) is 9.59 Å². The predicted molar refractivity (Wildman–Crippen MR) is 221 cm³/mol. The molecule has 0 saturated heterocycles. The maximum atomic E-state index is 12.5. The predicted octanol–water partition coefficient (Wildman–Crippen LogP) is 9.40. The number of carboxylic acids is 1. The van der Waals surface area contributed by atoms with E-state index in [0.717, 1.165) is 64.2 Å². The number of quaternary nitrogens is 1. The van der Waals surface area contributed by atoms with E-state index in [1.165, 1.54) is 12.8 Å². The second-order valence-corrected chi connectivity index (χ2v) is 14.1. The Morgan fingerprint density at radius 3 is 1.56 bits per heavy atom. The fraction of sp³-hybridized carbons (Fsp3) is 0.587. The molecule has 0 aromatic carbocycles. The Balaban J connectivity index is 4.39. The highest BCUT2D eigenvalue weighted by atomic mass is 16.6. The number of ether oxygens (including phenoxy) is 3. The Morgan fingerprint density at radius 1 is 0.574 bits per heavy atom. The summed E-state index contributed by atoms with van der Waals surface area (Å²) < 4.78 is 16.9. The van der Waals surface area contributed by atoms with Crippen LogP contribution in [0.3, 0.4) is 0 Å². The van der Waals surface area contributed by atoms with E-state index in [-0.39, 0.29) is 49.5 Å². The molecular weight excluding hydrogens is 679 g/mol. The molecule has 54 heavy (non-hydrogen) atoms. The number of hydrogen-bond donors (Lipinski definition) is 0. The van der Waals surface area contributed by atoms with Gasteiger partial charge in [0.05, 0.1) is 40.3 Å². The number of allylic oxidation sites excluding steroid dienone is 16. The smallest absolute Gasteiger partial charge is 0.306 e. The lowest BCUT2D eigenvalue weighted by atomic mass is 10.1. The summed E-state index contributed by atoms with van der Waals surface area (Å²) >= 11 is 0. The van der Waals surface area contributed by atoms with Crippen molar-refractivity contribution in [1.82, 2.24) is 0 Å². The van der Waals surface area contributed by atoms with E-state index < -0.39 is 24.1 Å². The van der Waals surface area contributed by atoms with E-state index in [2.05, 4.69) is 105 Å². The molecule has 8 heteroatoms. The van der Waals surface area contributed by atoms with Gasteiger partial charge in [-0.1, -0.05) is 124 Å². The van der Waals surface area contributed by atoms with Crippen molar-refractivity contribution >= 4 is 17.9 Å². The van der Waals surface area contributed by atoms with Crippen LogP contribution in [0, 0.1) is 0 Å². The molecule has 2 atom stereocenters. The first kappa shape index (κ1) is 50.2. The van der Waals surface area contributed by atoms with Crippen molar-refractivity contribution < 1.29 is 38.2 Å². The lowest BCUT2D eigenvalue weighted by Crippen LogP contribution is -2.55. The van der Waals surface area contributed by atoms with Gasteiger partial charge >= 0.3 is 11.9 Å². The Bertz CT molecular complexity index is 1200. The van der Waals surface area contributed by atoms with Crippen molar-refractivity contribution in [3.05, 3.63) is 97.2 Å². The van der Waals surface area contributed by atoms with Gasteiger partial charge in [0.2, 0.25) is 0 Å². The fourth-order valence-corrected chi connectivity index (χ4v) is 5.07. The maximum absolute atomic E-state index is 12.5. The summed E-state index contributed by atoms with van der Waals surface area (Å²) in [6.45, 7) is 4.34. The number of rotatable bonds is 34. The van der Waals surface area contributed by atoms with Crippen LogP contribution in [0.1, 0.15) is 123 Å². The van der Waals surface area contributed by atoms with Crippen molar-refractivity contribution in [2.24, 2.45) is 0 Å². The quantitative estimate of drug-likeness (QED) is 0.0280. The summed E-state index contributed by atoms with van der Waals surface area (Å²) in [5.41, 5.74) is 0. The molecule has 0 saturated carbocycles. The summed E-state index contributed by atoms with van der Waals surface area (Å²) in [5.74, 6) is -1.90. The topological polar surface area (TPSA) is 102 Å². The second-order valence-electron chi connectivity index (χ2n) is 14.1. The number of carbonyl (C=O) groups is 3. The maximum Gasteiger partial charge on any atom is 0.306 e. The SMILES string of the molecule is CC/C=C/C/C=C/C/C=C/C/C=C/C/C=C/C/C=C/C/C=C/CCCC(=O)OCC(COCCC(C(=O)[O-])[N+](C)(C)C)OC(=O)CC/C=C/CCCCC. The molecule has 0 rings (SSSR count). The number of likely N-dealkylation sites (N-methyl/N-ethyl adjacent to an activating group) is 1. The Morgan fingerprint density at radius 2 is 1.06 bits per heavy atom. The summed E-state index contributed by atoms with van der Waals surface area (Å²) in [7, 11) is 5.35. The molecule has 0 aliphatic carbocycles. The first-order valence-electron chi connectivity index (χ1n) is 20.3. The third-order valence-electron chi connectivity index (χ3n) is 8.22. The minimum atomic E-state index is -1.14. The third kappa shape index (κ3) is 34.0. The van der Waals surface area contributed by atoms with Crippen molar-refractivity contribution in [1.29, 1.82) is 0 Å². The second kappa shape index (κ2) is 36.2. The van der Waals surface area contributed by atoms with Crippen molar-refractivity contribution in [2.45, 2.75) is 135 Å². The largest absolute Gasteiger partial charge is 0.544 e. The van der Waals surface area contributed by atoms with Crippen LogP contribution < -0.4 is 5.11 Å². The van der Waals surface area contributed by atoms with Crippen molar-refractivity contribution in [2.75, 3.05) is 41.0 Å². The molecule has 8 nitrogen and oxygen atoms in total. The molecule has 0 N–H and O–H groups in total. The minimum Gasteiger partial charge on any atom is -0.544 e. The normalized spacial score (nSPS) is 14.0. The van der Waals surface area contributed by atoms with Crippen LogP contribution in [0.15, 0.2) is 97.2 Å². The molecule has 0 aliphatic heterocycles. The first-order chi connectivity index (χ1) is 26.1. The van der Waals surface area contributed by atoms with Crippen LogP contribution in [0.25, 0.3) is 0 Å². The Hall–Kier alpha value is -3.75. The third-order valence-corrected chi connectivity index (χ3v) is 8.22. The molecule has 0 radical (unpaired) electrons. The zero-order valence-electron chi connectivity index (χ0n) is 34.3. The Labute approximate surface area is 328 Å². The molecule has 0 spiro atoms. The summed E-state index contributed by atoms with van der Waals surface area (Å²) in [5, 5.41) is 11.6. The molecule has 0 heterocycles. The minimum absolute atomic E-state index is 0.000122. The number of carboxylic acid groups (broad SMARTS) is 1. The zero-order chi connectivity index (χ0) is 40.0. The number of hydrogen-bond acceptors (Lipinski definition) is 7. The van der Waals surface area contributed by atoms with Crippen molar-refractivity contribution in [3.63, 3.8) is 0 Å². The number of aliphatic carboxylic acids is 1. The lowest BCUT2D eigenvalue weighted by molar-refractivity contribution is -0.889. The Kier molecular flexibility index (Phi) is 33.7. The van der Waals surface area contributed by atoms with Gasteiger partial charge in [0.25, 0.3) is 0 Å². The van der Waals surface area contributed by atoms with Crippen LogP contribution >= 0.6 is 0 Å². The number of nitrogens with zero attached hydrogens (tertiary/aromatic N) is 1. The van der Waals surface area contributed by atoms with Crippen LogP contribution in [0.4, 0.5) is 0 Å². The molecule has 0 fully saturated rings.